The first-order chi connectivity index (χ1) is 14.2. The predicted octanol–water partition coefficient (Wildman–Crippen LogP) is 0.679. The summed E-state index contributed by atoms with van der Waals surface area (Å²) >= 11 is 2.56. The van der Waals surface area contributed by atoms with Crippen molar-refractivity contribution in [2.75, 3.05) is 18.6 Å². The van der Waals surface area contributed by atoms with E-state index in [1.807, 2.05) is 0 Å². The minimum Gasteiger partial charge on any atom is -0.477 e. The molecule has 0 aromatic heterocycles. The molecule has 160 valence electrons. The molecule has 2 aliphatic heterocycles. The first kappa shape index (κ1) is 22.2. The van der Waals surface area contributed by atoms with E-state index in [2.05, 4.69) is 5.32 Å². The quantitative estimate of drug-likeness (QED) is 0.403. The number of aliphatic carboxylic acids is 1. The number of nitrogens with zero attached hydrogens (tertiary/aromatic N) is 1. The normalized spacial score (nSPS) is 23.9. The van der Waals surface area contributed by atoms with Crippen molar-refractivity contribution in [1.29, 1.82) is 0 Å². The Morgan fingerprint density at radius 1 is 1.40 bits per heavy atom. The molecule has 3 unspecified atom stereocenters. The van der Waals surface area contributed by atoms with Gasteiger partial charge < -0.3 is 20.9 Å². The number of β-lactam (4-membered cyclic amide) rings is 1. The lowest BCUT2D eigenvalue weighted by Gasteiger charge is -2.57. The van der Waals surface area contributed by atoms with Gasteiger partial charge in [0.25, 0.3) is 5.91 Å². The van der Waals surface area contributed by atoms with Crippen molar-refractivity contribution < 1.29 is 29.0 Å². The SMILES string of the molecule is CSC12SCC(COC(C)=O)=C(C(=O)O)N1C(=O)C2NC(=O)C(N)c1ccccc1. The topological polar surface area (TPSA) is 139 Å². The Kier molecular flexibility index (Phi) is 6.44. The summed E-state index contributed by atoms with van der Waals surface area (Å²) in [6, 6.07) is 6.84. The van der Waals surface area contributed by atoms with Crippen LogP contribution < -0.4 is 11.1 Å². The molecule has 0 saturated carbocycles. The molecule has 0 bridgehead atoms. The maximum Gasteiger partial charge on any atom is 0.352 e. The third-order valence-electron chi connectivity index (χ3n) is 4.83. The minimum atomic E-state index is -1.30. The number of carbonyl (C=O) groups excluding carboxylic acids is 3. The molecule has 9 nitrogen and oxygen atoms in total. The molecule has 1 aromatic carbocycles. The van der Waals surface area contributed by atoms with E-state index in [1.165, 1.54) is 30.4 Å². The Balaban J connectivity index is 1.84. The summed E-state index contributed by atoms with van der Waals surface area (Å²) in [7, 11) is 0. The third kappa shape index (κ3) is 3.80. The summed E-state index contributed by atoms with van der Waals surface area (Å²) in [4.78, 5) is 49.7. The Bertz CT molecular complexity index is 922. The number of nitrogens with two attached hydrogens (primary N) is 1. The van der Waals surface area contributed by atoms with Crippen LogP contribution in [0, 0.1) is 0 Å². The van der Waals surface area contributed by atoms with E-state index in [1.54, 1.807) is 36.6 Å². The van der Waals surface area contributed by atoms with Gasteiger partial charge in [0.15, 0.2) is 10.2 Å². The van der Waals surface area contributed by atoms with Crippen LogP contribution in [0.1, 0.15) is 18.5 Å². The fourth-order valence-corrected chi connectivity index (χ4v) is 5.99. The highest BCUT2D eigenvalue weighted by molar-refractivity contribution is 8.18. The van der Waals surface area contributed by atoms with Crippen molar-refractivity contribution >= 4 is 47.3 Å². The lowest BCUT2D eigenvalue weighted by molar-refractivity contribution is -0.152. The highest BCUT2D eigenvalue weighted by Gasteiger charge is 2.65. The summed E-state index contributed by atoms with van der Waals surface area (Å²) in [6.07, 6.45) is 1.74. The Morgan fingerprint density at radius 2 is 2.07 bits per heavy atom. The molecule has 2 heterocycles. The number of hydrogen-bond donors (Lipinski definition) is 3. The number of carboxylic acid groups (broad SMARTS) is 1. The number of rotatable bonds is 7. The molecule has 2 amide bonds. The number of ether oxygens (including phenoxy) is 1. The van der Waals surface area contributed by atoms with Gasteiger partial charge in [-0.25, -0.2) is 4.79 Å². The monoisotopic (exact) mass is 451 g/mol. The second kappa shape index (κ2) is 8.70. The molecule has 1 saturated heterocycles. The van der Waals surface area contributed by atoms with Crippen molar-refractivity contribution in [1.82, 2.24) is 10.2 Å². The van der Waals surface area contributed by atoms with Crippen LogP contribution in [-0.4, -0.2) is 62.6 Å². The lowest BCUT2D eigenvalue weighted by Crippen LogP contribution is -2.77. The van der Waals surface area contributed by atoms with Gasteiger partial charge in [0.05, 0.1) is 0 Å². The molecule has 1 fully saturated rings. The Labute approximate surface area is 181 Å². The fraction of sp³-hybridized carbons (Fsp3) is 0.368. The van der Waals surface area contributed by atoms with Crippen molar-refractivity contribution in [2.24, 2.45) is 5.73 Å². The smallest absolute Gasteiger partial charge is 0.352 e. The number of carbonyl (C=O) groups is 4. The zero-order valence-electron chi connectivity index (χ0n) is 16.3. The highest BCUT2D eigenvalue weighted by Crippen LogP contribution is 2.55. The summed E-state index contributed by atoms with van der Waals surface area (Å²) in [5.74, 6) is -2.69. The number of esters is 1. The van der Waals surface area contributed by atoms with E-state index in [0.29, 0.717) is 11.1 Å². The molecule has 30 heavy (non-hydrogen) atoms. The molecule has 3 atom stereocenters. The molecular formula is C19H21N3O6S2. The van der Waals surface area contributed by atoms with Crippen LogP contribution in [0.3, 0.4) is 0 Å². The zero-order valence-corrected chi connectivity index (χ0v) is 17.9. The van der Waals surface area contributed by atoms with Crippen LogP contribution in [0.2, 0.25) is 0 Å². The number of nitrogens with one attached hydrogen (secondary N) is 1. The standard InChI is InChI=1S/C19H21N3O6S2/c1-10(23)28-8-12-9-30-19(29-2)15(17(25)22(19)14(12)18(26)27)21-16(24)13(20)11-6-4-3-5-7-11/h3-7,13,15H,8-9,20H2,1-2H3,(H,21,24)(H,26,27). The van der Waals surface area contributed by atoms with E-state index >= 15 is 0 Å². The average molecular weight is 452 g/mol. The van der Waals surface area contributed by atoms with Crippen LogP contribution in [0.4, 0.5) is 0 Å². The second-order valence-electron chi connectivity index (χ2n) is 6.66. The molecule has 0 aliphatic carbocycles. The number of benzene rings is 1. The van der Waals surface area contributed by atoms with Gasteiger partial charge in [-0.15, -0.1) is 23.5 Å². The molecule has 0 spiro atoms. The summed E-state index contributed by atoms with van der Waals surface area (Å²) in [5, 5.41) is 12.4. The van der Waals surface area contributed by atoms with E-state index < -0.39 is 40.0 Å². The Morgan fingerprint density at radius 3 is 2.63 bits per heavy atom. The van der Waals surface area contributed by atoms with Crippen LogP contribution in [-0.2, 0) is 23.9 Å². The summed E-state index contributed by atoms with van der Waals surface area (Å²) in [5.41, 5.74) is 6.74. The first-order valence-corrected chi connectivity index (χ1v) is 11.2. The third-order valence-corrected chi connectivity index (χ3v) is 8.01. The van der Waals surface area contributed by atoms with Gasteiger partial charge in [0.2, 0.25) is 5.91 Å². The van der Waals surface area contributed by atoms with Gasteiger partial charge >= 0.3 is 11.9 Å². The number of carboxylic acids is 1. The maximum atomic E-state index is 12.9. The second-order valence-corrected chi connectivity index (χ2v) is 9.15. The highest BCUT2D eigenvalue weighted by atomic mass is 32.2. The first-order valence-electron chi connectivity index (χ1n) is 8.95. The minimum absolute atomic E-state index is 0.214. The molecule has 3 rings (SSSR count). The van der Waals surface area contributed by atoms with Crippen molar-refractivity contribution in [3.8, 4) is 0 Å². The molecule has 0 radical (unpaired) electrons. The van der Waals surface area contributed by atoms with Crippen LogP contribution in [0.15, 0.2) is 41.6 Å². The van der Waals surface area contributed by atoms with E-state index in [4.69, 9.17) is 10.5 Å². The summed E-state index contributed by atoms with van der Waals surface area (Å²) in [6.45, 7) is 1.01. The predicted molar refractivity (Wildman–Crippen MR) is 112 cm³/mol. The van der Waals surface area contributed by atoms with Crippen molar-refractivity contribution in [3.05, 3.63) is 47.2 Å². The lowest BCUT2D eigenvalue weighted by atomic mass is 10.0. The number of fused-ring (bicyclic) bond motifs is 1. The number of amides is 2. The van der Waals surface area contributed by atoms with Gasteiger partial charge in [-0.2, -0.15) is 0 Å². The summed E-state index contributed by atoms with van der Waals surface area (Å²) < 4.78 is 3.92. The van der Waals surface area contributed by atoms with Crippen LogP contribution >= 0.6 is 23.5 Å². The maximum absolute atomic E-state index is 12.9. The van der Waals surface area contributed by atoms with Crippen molar-refractivity contribution in [2.45, 2.75) is 23.2 Å². The largest absolute Gasteiger partial charge is 0.477 e. The average Bonchev–Trinajstić information content (AvgIpc) is 2.74. The zero-order chi connectivity index (χ0) is 22.1. The molecule has 11 heteroatoms. The van der Waals surface area contributed by atoms with Gasteiger partial charge in [-0.3, -0.25) is 19.3 Å². The molecule has 4 N–H and O–H groups in total. The van der Waals surface area contributed by atoms with Gasteiger partial charge in [0.1, 0.15) is 18.3 Å². The van der Waals surface area contributed by atoms with E-state index in [0.717, 1.165) is 4.90 Å². The number of thioether (sulfide) groups is 2. The number of hydrogen-bond acceptors (Lipinski definition) is 8. The Hall–Kier alpha value is -2.50. The fourth-order valence-electron chi connectivity index (χ4n) is 3.34. The molecule has 1 aromatic rings. The molecular weight excluding hydrogens is 430 g/mol. The van der Waals surface area contributed by atoms with Gasteiger partial charge in [0, 0.05) is 18.2 Å². The van der Waals surface area contributed by atoms with Crippen molar-refractivity contribution in [3.63, 3.8) is 0 Å². The molecule has 2 aliphatic rings. The van der Waals surface area contributed by atoms with Crippen LogP contribution in [0.25, 0.3) is 0 Å². The van der Waals surface area contributed by atoms with Gasteiger partial charge in [-0.1, -0.05) is 30.3 Å². The van der Waals surface area contributed by atoms with E-state index in [-0.39, 0.29) is 18.1 Å². The van der Waals surface area contributed by atoms with Gasteiger partial charge in [-0.05, 0) is 11.8 Å². The van der Waals surface area contributed by atoms with Crippen LogP contribution in [0.5, 0.6) is 0 Å². The van der Waals surface area contributed by atoms with E-state index in [9.17, 15) is 24.3 Å².